The predicted octanol–water partition coefficient (Wildman–Crippen LogP) is 1.75. The molecule has 1 aliphatic rings. The third-order valence-electron chi connectivity index (χ3n) is 3.52. The van der Waals surface area contributed by atoms with E-state index in [1.54, 1.807) is 13.2 Å². The van der Waals surface area contributed by atoms with Crippen LogP contribution in [0.2, 0.25) is 0 Å². The van der Waals surface area contributed by atoms with Gasteiger partial charge in [-0.25, -0.2) is 13.1 Å². The molecule has 0 aromatic carbocycles. The summed E-state index contributed by atoms with van der Waals surface area (Å²) < 4.78 is 32.7. The number of rotatable bonds is 9. The fourth-order valence-corrected chi connectivity index (χ4v) is 4.33. The van der Waals surface area contributed by atoms with Crippen molar-refractivity contribution in [2.75, 3.05) is 20.2 Å². The largest absolute Gasteiger partial charge is 0.377 e. The summed E-state index contributed by atoms with van der Waals surface area (Å²) in [7, 11) is -1.87. The van der Waals surface area contributed by atoms with E-state index in [1.165, 1.54) is 24.2 Å². The lowest BCUT2D eigenvalue weighted by Crippen LogP contribution is -2.39. The molecule has 7 heteroatoms. The molecule has 0 radical (unpaired) electrons. The van der Waals surface area contributed by atoms with Crippen LogP contribution in [0.15, 0.2) is 16.3 Å². The van der Waals surface area contributed by atoms with Gasteiger partial charge in [0.2, 0.25) is 10.0 Å². The summed E-state index contributed by atoms with van der Waals surface area (Å²) in [4.78, 5) is 1.09. The highest BCUT2D eigenvalue weighted by atomic mass is 32.2. The van der Waals surface area contributed by atoms with Crippen LogP contribution in [0.5, 0.6) is 0 Å². The summed E-state index contributed by atoms with van der Waals surface area (Å²) in [5, 5.41) is 3.43. The molecule has 0 atom stereocenters. The van der Waals surface area contributed by atoms with Crippen molar-refractivity contribution in [3.63, 3.8) is 0 Å². The fraction of sp³-hybridized carbons (Fsp3) is 0.714. The van der Waals surface area contributed by atoms with E-state index in [1.807, 2.05) is 19.9 Å². The zero-order valence-electron chi connectivity index (χ0n) is 12.8. The van der Waals surface area contributed by atoms with E-state index in [9.17, 15) is 8.42 Å². The summed E-state index contributed by atoms with van der Waals surface area (Å²) in [6, 6.07) is 4.26. The number of hydrogen-bond acceptors (Lipinski definition) is 5. The third-order valence-corrected chi connectivity index (χ3v) is 6.56. The molecule has 0 unspecified atom stereocenters. The zero-order valence-corrected chi connectivity index (χ0v) is 14.4. The minimum atomic E-state index is -3.44. The summed E-state index contributed by atoms with van der Waals surface area (Å²) in [6.45, 7) is 4.86. The SMILES string of the molecule is COC(C)(C)CNS(=O)(=O)c1ccc(CCNC2CC2)s1. The second kappa shape index (κ2) is 6.75. The minimum absolute atomic E-state index is 0.252. The summed E-state index contributed by atoms with van der Waals surface area (Å²) in [5.41, 5.74) is -0.513. The Bertz CT molecular complexity index is 563. The van der Waals surface area contributed by atoms with Crippen LogP contribution in [-0.4, -0.2) is 40.3 Å². The molecule has 0 aliphatic heterocycles. The van der Waals surface area contributed by atoms with Crippen LogP contribution in [-0.2, 0) is 21.2 Å². The highest BCUT2D eigenvalue weighted by Crippen LogP contribution is 2.23. The third kappa shape index (κ3) is 5.34. The summed E-state index contributed by atoms with van der Waals surface area (Å²) in [6.07, 6.45) is 3.41. The fourth-order valence-electron chi connectivity index (χ4n) is 1.74. The van der Waals surface area contributed by atoms with Gasteiger partial charge in [0.05, 0.1) is 5.60 Å². The number of hydrogen-bond donors (Lipinski definition) is 2. The average Bonchev–Trinajstić information content (AvgIpc) is 3.12. The molecule has 0 spiro atoms. The van der Waals surface area contributed by atoms with Crippen LogP contribution in [0.1, 0.15) is 31.6 Å². The number of nitrogens with one attached hydrogen (secondary N) is 2. The quantitative estimate of drug-likeness (QED) is 0.723. The Morgan fingerprint density at radius 2 is 2.10 bits per heavy atom. The molecule has 5 nitrogen and oxygen atoms in total. The average molecular weight is 332 g/mol. The van der Waals surface area contributed by atoms with Crippen molar-refractivity contribution in [1.82, 2.24) is 10.0 Å². The molecule has 1 aromatic heterocycles. The van der Waals surface area contributed by atoms with Crippen molar-refractivity contribution in [2.24, 2.45) is 0 Å². The molecule has 1 saturated carbocycles. The van der Waals surface area contributed by atoms with E-state index in [-0.39, 0.29) is 6.54 Å². The van der Waals surface area contributed by atoms with Crippen LogP contribution in [0, 0.1) is 0 Å². The molecule has 1 heterocycles. The van der Waals surface area contributed by atoms with Crippen molar-refractivity contribution in [1.29, 1.82) is 0 Å². The van der Waals surface area contributed by atoms with E-state index in [0.717, 1.165) is 17.8 Å². The van der Waals surface area contributed by atoms with Crippen LogP contribution in [0.4, 0.5) is 0 Å². The smallest absolute Gasteiger partial charge is 0.250 e. The Hall–Kier alpha value is -0.470. The molecule has 0 saturated heterocycles. The van der Waals surface area contributed by atoms with E-state index < -0.39 is 15.6 Å². The topological polar surface area (TPSA) is 67.4 Å². The van der Waals surface area contributed by atoms with Gasteiger partial charge in [0.1, 0.15) is 4.21 Å². The molecule has 120 valence electrons. The Morgan fingerprint density at radius 3 is 2.71 bits per heavy atom. The van der Waals surface area contributed by atoms with E-state index in [4.69, 9.17) is 4.74 Å². The second-order valence-corrected chi connectivity index (χ2v) is 9.15. The molecule has 0 bridgehead atoms. The lowest BCUT2D eigenvalue weighted by atomic mass is 10.1. The minimum Gasteiger partial charge on any atom is -0.377 e. The Balaban J connectivity index is 1.88. The van der Waals surface area contributed by atoms with Crippen molar-refractivity contribution in [3.8, 4) is 0 Å². The maximum Gasteiger partial charge on any atom is 0.250 e. The predicted molar refractivity (Wildman–Crippen MR) is 85.3 cm³/mol. The lowest BCUT2D eigenvalue weighted by Gasteiger charge is -2.22. The highest BCUT2D eigenvalue weighted by molar-refractivity contribution is 7.91. The zero-order chi connectivity index (χ0) is 15.5. The number of ether oxygens (including phenoxy) is 1. The van der Waals surface area contributed by atoms with E-state index >= 15 is 0 Å². The molecular formula is C14H24N2O3S2. The molecule has 1 aliphatic carbocycles. The van der Waals surface area contributed by atoms with E-state index in [2.05, 4.69) is 10.0 Å². The molecule has 1 fully saturated rings. The van der Waals surface area contributed by atoms with Gasteiger partial charge in [-0.1, -0.05) is 0 Å². The van der Waals surface area contributed by atoms with Crippen LogP contribution < -0.4 is 10.0 Å². The maximum absolute atomic E-state index is 12.2. The molecule has 2 N–H and O–H groups in total. The van der Waals surface area contributed by atoms with Crippen molar-refractivity contribution in [2.45, 2.75) is 49.0 Å². The highest BCUT2D eigenvalue weighted by Gasteiger charge is 2.23. The van der Waals surface area contributed by atoms with Gasteiger partial charge in [0, 0.05) is 31.1 Å². The van der Waals surface area contributed by atoms with Gasteiger partial charge in [0.25, 0.3) is 0 Å². The van der Waals surface area contributed by atoms with Crippen molar-refractivity contribution in [3.05, 3.63) is 17.0 Å². The van der Waals surface area contributed by atoms with Gasteiger partial charge in [-0.3, -0.25) is 0 Å². The summed E-state index contributed by atoms with van der Waals surface area (Å²) in [5.74, 6) is 0. The molecular weight excluding hydrogens is 308 g/mol. The molecule has 2 rings (SSSR count). The normalized spacial score (nSPS) is 16.3. The van der Waals surface area contributed by atoms with Gasteiger partial charge in [-0.15, -0.1) is 11.3 Å². The number of thiophene rings is 1. The Kier molecular flexibility index (Phi) is 5.43. The molecule has 21 heavy (non-hydrogen) atoms. The van der Waals surface area contributed by atoms with E-state index in [0.29, 0.717) is 10.3 Å². The number of sulfonamides is 1. The van der Waals surface area contributed by atoms with Crippen LogP contribution >= 0.6 is 11.3 Å². The second-order valence-electron chi connectivity index (χ2n) is 5.99. The van der Waals surface area contributed by atoms with Gasteiger partial charge < -0.3 is 10.1 Å². The standard InChI is InChI=1S/C14H24N2O3S2/c1-14(2,19-3)10-16-21(17,18)13-7-6-12(20-13)8-9-15-11-4-5-11/h6-7,11,15-16H,4-5,8-10H2,1-3H3. The Morgan fingerprint density at radius 1 is 1.38 bits per heavy atom. The molecule has 0 amide bonds. The first-order valence-corrected chi connectivity index (χ1v) is 9.49. The lowest BCUT2D eigenvalue weighted by molar-refractivity contribution is 0.0276. The number of methoxy groups -OCH3 is 1. The van der Waals surface area contributed by atoms with Crippen LogP contribution in [0.3, 0.4) is 0 Å². The first-order chi connectivity index (χ1) is 9.82. The van der Waals surface area contributed by atoms with Gasteiger partial charge in [-0.05, 0) is 45.2 Å². The first-order valence-electron chi connectivity index (χ1n) is 7.19. The van der Waals surface area contributed by atoms with Gasteiger partial charge in [-0.2, -0.15) is 0 Å². The van der Waals surface area contributed by atoms with Gasteiger partial charge in [0.15, 0.2) is 0 Å². The summed E-state index contributed by atoms with van der Waals surface area (Å²) >= 11 is 1.34. The van der Waals surface area contributed by atoms with Gasteiger partial charge >= 0.3 is 0 Å². The van der Waals surface area contributed by atoms with Crippen LogP contribution in [0.25, 0.3) is 0 Å². The van der Waals surface area contributed by atoms with Crippen molar-refractivity contribution >= 4 is 21.4 Å². The monoisotopic (exact) mass is 332 g/mol. The first kappa shape index (κ1) is 16.9. The molecule has 1 aromatic rings. The maximum atomic E-state index is 12.2. The Labute approximate surface area is 131 Å². The van der Waals surface area contributed by atoms with Crippen molar-refractivity contribution < 1.29 is 13.2 Å².